The summed E-state index contributed by atoms with van der Waals surface area (Å²) < 4.78 is 0. The molecule has 1 heterocycles. The summed E-state index contributed by atoms with van der Waals surface area (Å²) in [5.41, 5.74) is 1.74. The molecular formula is C13H15N. The summed E-state index contributed by atoms with van der Waals surface area (Å²) in [5.74, 6) is 0.699. The van der Waals surface area contributed by atoms with Crippen molar-refractivity contribution < 1.29 is 0 Å². The third-order valence-corrected chi connectivity index (χ3v) is 3.65. The van der Waals surface area contributed by atoms with Gasteiger partial charge in [0.15, 0.2) is 0 Å². The Hall–Kier alpha value is -1.08. The van der Waals surface area contributed by atoms with Crippen molar-refractivity contribution in [1.29, 1.82) is 0 Å². The largest absolute Gasteiger partial charge is 0.315 e. The molecule has 2 aliphatic carbocycles. The molecule has 1 N–H and O–H groups in total. The van der Waals surface area contributed by atoms with Crippen molar-refractivity contribution in [3.63, 3.8) is 0 Å². The second kappa shape index (κ2) is 2.96. The topological polar surface area (TPSA) is 12.0 Å². The minimum absolute atomic E-state index is 0.266. The summed E-state index contributed by atoms with van der Waals surface area (Å²) in [5, 5.41) is 3.51. The van der Waals surface area contributed by atoms with Crippen LogP contribution >= 0.6 is 0 Å². The molecule has 14 heavy (non-hydrogen) atoms. The quantitative estimate of drug-likeness (QED) is 0.610. The lowest BCUT2D eigenvalue weighted by Gasteiger charge is -2.45. The van der Waals surface area contributed by atoms with E-state index in [1.165, 1.54) is 12.0 Å². The second-order valence-electron chi connectivity index (χ2n) is 4.34. The molecule has 1 saturated heterocycles. The monoisotopic (exact) mass is 185 g/mol. The molecular weight excluding hydrogens is 170 g/mol. The molecule has 0 aromatic rings. The van der Waals surface area contributed by atoms with Crippen LogP contribution < -0.4 is 5.32 Å². The first-order chi connectivity index (χ1) is 6.92. The maximum atomic E-state index is 3.51. The summed E-state index contributed by atoms with van der Waals surface area (Å²) in [7, 11) is 0. The highest BCUT2D eigenvalue weighted by Gasteiger charge is 2.41. The predicted molar refractivity (Wildman–Crippen MR) is 58.9 cm³/mol. The maximum absolute atomic E-state index is 3.51. The van der Waals surface area contributed by atoms with Crippen molar-refractivity contribution in [2.45, 2.75) is 6.42 Å². The first-order valence-corrected chi connectivity index (χ1v) is 5.37. The maximum Gasteiger partial charge on any atom is 0.0323 e. The van der Waals surface area contributed by atoms with E-state index in [0.717, 1.165) is 13.1 Å². The molecule has 0 saturated carbocycles. The summed E-state index contributed by atoms with van der Waals surface area (Å²) >= 11 is 0. The molecule has 1 fully saturated rings. The zero-order valence-corrected chi connectivity index (χ0v) is 8.24. The van der Waals surface area contributed by atoms with Crippen LogP contribution in [0.15, 0.2) is 48.1 Å². The van der Waals surface area contributed by atoms with Gasteiger partial charge in [0.05, 0.1) is 0 Å². The molecule has 1 aliphatic heterocycles. The van der Waals surface area contributed by atoms with E-state index in [9.17, 15) is 0 Å². The zero-order valence-electron chi connectivity index (χ0n) is 8.24. The van der Waals surface area contributed by atoms with Crippen molar-refractivity contribution in [3.05, 3.63) is 48.1 Å². The van der Waals surface area contributed by atoms with Crippen LogP contribution in [-0.4, -0.2) is 13.1 Å². The predicted octanol–water partition coefficient (Wildman–Crippen LogP) is 2.20. The highest BCUT2D eigenvalue weighted by molar-refractivity contribution is 5.45. The van der Waals surface area contributed by atoms with Crippen molar-refractivity contribution in [2.75, 3.05) is 13.1 Å². The molecule has 1 spiro atoms. The van der Waals surface area contributed by atoms with E-state index >= 15 is 0 Å². The fraction of sp³-hybridized carbons (Fsp3) is 0.385. The molecule has 0 amide bonds. The van der Waals surface area contributed by atoms with Gasteiger partial charge in [0.2, 0.25) is 0 Å². The Morgan fingerprint density at radius 3 is 3.29 bits per heavy atom. The smallest absolute Gasteiger partial charge is 0.0323 e. The number of hydrogen-bond donors (Lipinski definition) is 1. The van der Waals surface area contributed by atoms with Gasteiger partial charge in [0, 0.05) is 12.0 Å². The first-order valence-electron chi connectivity index (χ1n) is 5.37. The fourth-order valence-electron chi connectivity index (χ4n) is 2.85. The van der Waals surface area contributed by atoms with Crippen LogP contribution in [0.1, 0.15) is 6.42 Å². The molecule has 0 bridgehead atoms. The van der Waals surface area contributed by atoms with Crippen molar-refractivity contribution in [1.82, 2.24) is 5.32 Å². The second-order valence-corrected chi connectivity index (χ2v) is 4.34. The van der Waals surface area contributed by atoms with E-state index in [2.05, 4.69) is 47.8 Å². The average molecular weight is 185 g/mol. The Morgan fingerprint density at radius 2 is 2.29 bits per heavy atom. The van der Waals surface area contributed by atoms with Crippen LogP contribution in [0.5, 0.6) is 0 Å². The Morgan fingerprint density at radius 1 is 1.29 bits per heavy atom. The molecule has 1 heteroatoms. The van der Waals surface area contributed by atoms with Gasteiger partial charge in [-0.3, -0.25) is 0 Å². The molecule has 2 unspecified atom stereocenters. The minimum atomic E-state index is 0.266. The van der Waals surface area contributed by atoms with Gasteiger partial charge >= 0.3 is 0 Å². The van der Waals surface area contributed by atoms with Gasteiger partial charge in [-0.2, -0.15) is 0 Å². The van der Waals surface area contributed by atoms with E-state index < -0.39 is 0 Å². The number of nitrogens with one attached hydrogen (secondary N) is 1. The van der Waals surface area contributed by atoms with E-state index in [1.54, 1.807) is 0 Å². The van der Waals surface area contributed by atoms with Gasteiger partial charge in [0.25, 0.3) is 0 Å². The Bertz CT molecular complexity index is 359. The first kappa shape index (κ1) is 8.25. The van der Waals surface area contributed by atoms with Crippen molar-refractivity contribution >= 4 is 0 Å². The fourth-order valence-corrected chi connectivity index (χ4v) is 2.85. The van der Waals surface area contributed by atoms with Crippen LogP contribution in [0.3, 0.4) is 0 Å². The lowest BCUT2D eigenvalue weighted by molar-refractivity contribution is 0.255. The van der Waals surface area contributed by atoms with Crippen molar-refractivity contribution in [2.24, 2.45) is 11.3 Å². The van der Waals surface area contributed by atoms with E-state index in [4.69, 9.17) is 0 Å². The van der Waals surface area contributed by atoms with E-state index in [1.807, 2.05) is 0 Å². The Labute approximate surface area is 84.9 Å². The minimum Gasteiger partial charge on any atom is -0.315 e. The zero-order chi connectivity index (χ0) is 9.43. The number of hydrogen-bond acceptors (Lipinski definition) is 1. The third-order valence-electron chi connectivity index (χ3n) is 3.65. The average Bonchev–Trinajstić information content (AvgIpc) is 2.26. The highest BCUT2D eigenvalue weighted by Crippen LogP contribution is 2.45. The van der Waals surface area contributed by atoms with Crippen LogP contribution in [-0.2, 0) is 0 Å². The highest BCUT2D eigenvalue weighted by atomic mass is 14.9. The van der Waals surface area contributed by atoms with Crippen molar-refractivity contribution in [3.8, 4) is 0 Å². The summed E-state index contributed by atoms with van der Waals surface area (Å²) in [6, 6.07) is 0. The van der Waals surface area contributed by atoms with Gasteiger partial charge in [-0.25, -0.2) is 0 Å². The summed E-state index contributed by atoms with van der Waals surface area (Å²) in [4.78, 5) is 0. The molecule has 0 aromatic heterocycles. The summed E-state index contributed by atoms with van der Waals surface area (Å²) in [6.45, 7) is 2.25. The SMILES string of the molecule is C1=CC2=CC=CC3CCNCC23C=C1. The van der Waals surface area contributed by atoms with Gasteiger partial charge in [-0.05, 0) is 24.5 Å². The Balaban J connectivity index is 2.09. The van der Waals surface area contributed by atoms with E-state index in [0.29, 0.717) is 5.92 Å². The Kier molecular flexibility index (Phi) is 1.74. The van der Waals surface area contributed by atoms with E-state index in [-0.39, 0.29) is 5.41 Å². The van der Waals surface area contributed by atoms with Crippen LogP contribution in [0, 0.1) is 11.3 Å². The molecule has 1 nitrogen and oxygen atoms in total. The van der Waals surface area contributed by atoms with Gasteiger partial charge in [-0.15, -0.1) is 0 Å². The molecule has 0 radical (unpaired) electrons. The molecule has 0 aromatic carbocycles. The van der Waals surface area contributed by atoms with Gasteiger partial charge in [0.1, 0.15) is 0 Å². The van der Waals surface area contributed by atoms with Crippen LogP contribution in [0.4, 0.5) is 0 Å². The van der Waals surface area contributed by atoms with Crippen LogP contribution in [0.2, 0.25) is 0 Å². The number of piperidine rings is 1. The number of rotatable bonds is 0. The standard InChI is InChI=1S/C13H15N/c1-2-8-13-10-14-9-7-12(13)6-3-5-11(13)4-1/h1-6,8,12,14H,7,9-10H2. The summed E-state index contributed by atoms with van der Waals surface area (Å²) in [6.07, 6.45) is 17.1. The normalized spacial score (nSPS) is 38.9. The molecule has 3 aliphatic rings. The number of allylic oxidation sites excluding steroid dienone is 6. The van der Waals surface area contributed by atoms with Crippen LogP contribution in [0.25, 0.3) is 0 Å². The molecule has 72 valence electrons. The molecule has 2 atom stereocenters. The van der Waals surface area contributed by atoms with Gasteiger partial charge in [-0.1, -0.05) is 42.5 Å². The molecule has 3 rings (SSSR count). The third kappa shape index (κ3) is 0.992. The van der Waals surface area contributed by atoms with Gasteiger partial charge < -0.3 is 5.32 Å². The lowest BCUT2D eigenvalue weighted by Crippen LogP contribution is -2.46. The lowest BCUT2D eigenvalue weighted by atomic mass is 9.63.